The summed E-state index contributed by atoms with van der Waals surface area (Å²) in [6, 6.07) is 10.0. The molecule has 32 heavy (non-hydrogen) atoms. The van der Waals surface area contributed by atoms with Gasteiger partial charge in [0.2, 0.25) is 11.7 Å². The Hall–Kier alpha value is -1.72. The highest BCUT2D eigenvalue weighted by atomic mass is 16.5. The average molecular weight is 441 g/mol. The van der Waals surface area contributed by atoms with Gasteiger partial charge in [0.1, 0.15) is 0 Å². The Kier molecular flexibility index (Phi) is 11.8. The first-order valence-corrected chi connectivity index (χ1v) is 13.2. The molecule has 0 saturated carbocycles. The van der Waals surface area contributed by atoms with Gasteiger partial charge in [-0.15, -0.1) is 0 Å². The predicted octanol–water partition coefficient (Wildman–Crippen LogP) is 6.56. The second kappa shape index (κ2) is 15.2. The van der Waals surface area contributed by atoms with E-state index < -0.39 is 0 Å². The fourth-order valence-corrected chi connectivity index (χ4v) is 4.56. The molecule has 2 heterocycles. The van der Waals surface area contributed by atoms with Crippen LogP contribution in [-0.4, -0.2) is 52.7 Å². The molecule has 0 aliphatic carbocycles. The second-order valence-electron chi connectivity index (χ2n) is 9.38. The minimum Gasteiger partial charge on any atom is -0.338 e. The van der Waals surface area contributed by atoms with Gasteiger partial charge in [-0.1, -0.05) is 113 Å². The quantitative estimate of drug-likeness (QED) is 0.277. The third-order valence-corrected chi connectivity index (χ3v) is 6.65. The fourth-order valence-electron chi connectivity index (χ4n) is 4.56. The van der Waals surface area contributed by atoms with Crippen molar-refractivity contribution in [3.8, 4) is 11.4 Å². The van der Waals surface area contributed by atoms with Gasteiger partial charge in [-0.25, -0.2) is 0 Å². The molecule has 0 unspecified atom stereocenters. The van der Waals surface area contributed by atoms with E-state index in [1.807, 2.05) is 30.3 Å². The third-order valence-electron chi connectivity index (χ3n) is 6.65. The van der Waals surface area contributed by atoms with Gasteiger partial charge in [-0.3, -0.25) is 4.90 Å². The number of hydrogen-bond acceptors (Lipinski definition) is 5. The van der Waals surface area contributed by atoms with Crippen molar-refractivity contribution in [2.24, 2.45) is 0 Å². The zero-order valence-electron chi connectivity index (χ0n) is 20.3. The van der Waals surface area contributed by atoms with Crippen LogP contribution < -0.4 is 0 Å². The van der Waals surface area contributed by atoms with Crippen molar-refractivity contribution in [2.75, 3.05) is 32.7 Å². The average Bonchev–Trinajstić information content (AvgIpc) is 3.30. The SMILES string of the molecule is CCCCCCCCCCCCCCN1CCN(Cc2nc(-c3ccccc3)no2)CC1. The van der Waals surface area contributed by atoms with Gasteiger partial charge in [0, 0.05) is 31.7 Å². The summed E-state index contributed by atoms with van der Waals surface area (Å²) in [5.74, 6) is 1.41. The smallest absolute Gasteiger partial charge is 0.241 e. The minimum atomic E-state index is 0.686. The van der Waals surface area contributed by atoms with Crippen LogP contribution in [0.3, 0.4) is 0 Å². The monoisotopic (exact) mass is 440 g/mol. The van der Waals surface area contributed by atoms with Crippen LogP contribution in [0, 0.1) is 0 Å². The number of aromatic nitrogens is 2. The highest BCUT2D eigenvalue weighted by molar-refractivity contribution is 5.53. The van der Waals surface area contributed by atoms with E-state index in [0.717, 1.165) is 44.2 Å². The summed E-state index contributed by atoms with van der Waals surface area (Å²) in [7, 11) is 0. The molecule has 1 fully saturated rings. The van der Waals surface area contributed by atoms with Gasteiger partial charge in [-0.05, 0) is 13.0 Å². The van der Waals surface area contributed by atoms with Gasteiger partial charge in [0.15, 0.2) is 0 Å². The van der Waals surface area contributed by atoms with Crippen molar-refractivity contribution >= 4 is 0 Å². The Bertz CT molecular complexity index is 709. The van der Waals surface area contributed by atoms with Crippen LogP contribution in [0.1, 0.15) is 89.9 Å². The maximum absolute atomic E-state index is 5.48. The van der Waals surface area contributed by atoms with Crippen LogP contribution in [0.15, 0.2) is 34.9 Å². The lowest BCUT2D eigenvalue weighted by atomic mass is 10.1. The minimum absolute atomic E-state index is 0.686. The molecule has 178 valence electrons. The lowest BCUT2D eigenvalue weighted by Crippen LogP contribution is -2.46. The molecule has 1 aliphatic rings. The summed E-state index contributed by atoms with van der Waals surface area (Å²) in [6.07, 6.45) is 17.0. The van der Waals surface area contributed by atoms with Crippen molar-refractivity contribution in [1.29, 1.82) is 0 Å². The second-order valence-corrected chi connectivity index (χ2v) is 9.38. The molecule has 1 saturated heterocycles. The van der Waals surface area contributed by atoms with E-state index in [0.29, 0.717) is 5.82 Å². The standard InChI is InChI=1S/C27H44N4O/c1-2-3-4-5-6-7-8-9-10-11-12-16-19-30-20-22-31(23-21-30)24-26-28-27(29-32-26)25-17-14-13-15-18-25/h13-15,17-18H,2-12,16,19-24H2,1H3. The summed E-state index contributed by atoms with van der Waals surface area (Å²) in [4.78, 5) is 9.63. The van der Waals surface area contributed by atoms with E-state index in [1.165, 1.54) is 83.6 Å². The molecule has 1 aliphatic heterocycles. The molecule has 3 rings (SSSR count). The molecule has 0 bridgehead atoms. The number of unbranched alkanes of at least 4 members (excludes halogenated alkanes) is 11. The van der Waals surface area contributed by atoms with Gasteiger partial charge in [0.05, 0.1) is 6.54 Å². The molecule has 0 N–H and O–H groups in total. The summed E-state index contributed by atoms with van der Waals surface area (Å²) in [5.41, 5.74) is 1.01. The zero-order chi connectivity index (χ0) is 22.3. The predicted molar refractivity (Wildman–Crippen MR) is 133 cm³/mol. The van der Waals surface area contributed by atoms with E-state index in [4.69, 9.17) is 4.52 Å². The highest BCUT2D eigenvalue weighted by Crippen LogP contribution is 2.16. The molecule has 0 radical (unpaired) electrons. The van der Waals surface area contributed by atoms with Gasteiger partial charge < -0.3 is 9.42 Å². The van der Waals surface area contributed by atoms with E-state index in [1.54, 1.807) is 0 Å². The Morgan fingerprint density at radius 3 is 1.91 bits per heavy atom. The Morgan fingerprint density at radius 2 is 1.28 bits per heavy atom. The van der Waals surface area contributed by atoms with E-state index in [-0.39, 0.29) is 0 Å². The van der Waals surface area contributed by atoms with Crippen molar-refractivity contribution in [2.45, 2.75) is 90.5 Å². The molecular weight excluding hydrogens is 396 g/mol. The molecular formula is C27H44N4O. The summed E-state index contributed by atoms with van der Waals surface area (Å²) >= 11 is 0. The van der Waals surface area contributed by atoms with E-state index in [2.05, 4.69) is 26.9 Å². The lowest BCUT2D eigenvalue weighted by Gasteiger charge is -2.33. The number of benzene rings is 1. The first-order valence-electron chi connectivity index (χ1n) is 13.2. The Balaban J connectivity index is 1.17. The van der Waals surface area contributed by atoms with Crippen molar-refractivity contribution in [3.63, 3.8) is 0 Å². The van der Waals surface area contributed by atoms with Crippen molar-refractivity contribution in [3.05, 3.63) is 36.2 Å². The zero-order valence-corrected chi connectivity index (χ0v) is 20.3. The van der Waals surface area contributed by atoms with Crippen molar-refractivity contribution in [1.82, 2.24) is 19.9 Å². The van der Waals surface area contributed by atoms with Crippen LogP contribution in [0.4, 0.5) is 0 Å². The molecule has 0 spiro atoms. The fraction of sp³-hybridized carbons (Fsp3) is 0.704. The van der Waals surface area contributed by atoms with E-state index in [9.17, 15) is 0 Å². The summed E-state index contributed by atoms with van der Waals surface area (Å²) in [6.45, 7) is 8.77. The maximum Gasteiger partial charge on any atom is 0.241 e. The molecule has 5 nitrogen and oxygen atoms in total. The van der Waals surface area contributed by atoms with Gasteiger partial charge in [-0.2, -0.15) is 4.98 Å². The number of rotatable bonds is 16. The lowest BCUT2D eigenvalue weighted by molar-refractivity contribution is 0.115. The van der Waals surface area contributed by atoms with Crippen LogP contribution in [0.5, 0.6) is 0 Å². The molecule has 0 atom stereocenters. The molecule has 1 aromatic heterocycles. The van der Waals surface area contributed by atoms with Crippen LogP contribution in [0.2, 0.25) is 0 Å². The normalized spacial score (nSPS) is 15.4. The van der Waals surface area contributed by atoms with Crippen LogP contribution in [0.25, 0.3) is 11.4 Å². The van der Waals surface area contributed by atoms with E-state index >= 15 is 0 Å². The van der Waals surface area contributed by atoms with Crippen LogP contribution in [-0.2, 0) is 6.54 Å². The van der Waals surface area contributed by atoms with Crippen LogP contribution >= 0.6 is 0 Å². The summed E-state index contributed by atoms with van der Waals surface area (Å²) in [5, 5.41) is 4.14. The third kappa shape index (κ3) is 9.41. The van der Waals surface area contributed by atoms with Gasteiger partial charge in [0.25, 0.3) is 0 Å². The molecule has 2 aromatic rings. The maximum atomic E-state index is 5.48. The molecule has 5 heteroatoms. The Labute approximate surface area is 195 Å². The number of nitrogens with zero attached hydrogens (tertiary/aromatic N) is 4. The first kappa shape index (κ1) is 24.9. The number of piperazine rings is 1. The van der Waals surface area contributed by atoms with Gasteiger partial charge >= 0.3 is 0 Å². The first-order chi connectivity index (χ1) is 15.8. The molecule has 1 aromatic carbocycles. The van der Waals surface area contributed by atoms with Crippen molar-refractivity contribution < 1.29 is 4.52 Å². The topological polar surface area (TPSA) is 45.4 Å². The molecule has 0 amide bonds. The summed E-state index contributed by atoms with van der Waals surface area (Å²) < 4.78 is 5.48. The highest BCUT2D eigenvalue weighted by Gasteiger charge is 2.19. The Morgan fingerprint density at radius 1 is 0.719 bits per heavy atom. The largest absolute Gasteiger partial charge is 0.338 e. The number of hydrogen-bond donors (Lipinski definition) is 0.